The molecule has 0 atom stereocenters. The number of hydrogen-bond donors (Lipinski definition) is 2. The van der Waals surface area contributed by atoms with Gasteiger partial charge in [0.2, 0.25) is 0 Å². The molecule has 2 N–H and O–H groups in total. The molecule has 0 amide bonds. The molecule has 0 saturated carbocycles. The van der Waals surface area contributed by atoms with Gasteiger partial charge in [0.15, 0.2) is 0 Å². The lowest BCUT2D eigenvalue weighted by Crippen LogP contribution is -2.21. The van der Waals surface area contributed by atoms with Gasteiger partial charge in [-0.3, -0.25) is 14.9 Å². The van der Waals surface area contributed by atoms with Crippen molar-refractivity contribution >= 4 is 23.3 Å². The van der Waals surface area contributed by atoms with Crippen molar-refractivity contribution in [1.82, 2.24) is 5.32 Å². The third-order valence-electron chi connectivity index (χ3n) is 1.81. The van der Waals surface area contributed by atoms with E-state index in [2.05, 4.69) is 5.32 Å². The first-order valence-electron chi connectivity index (χ1n) is 4.36. The molecule has 0 aliphatic heterocycles. The largest absolute Gasteiger partial charge is 0.480 e. The molecule has 1 aromatic rings. The second-order valence-electron chi connectivity index (χ2n) is 3.04. The third kappa shape index (κ3) is 3.48. The second-order valence-corrected chi connectivity index (χ2v) is 3.45. The molecule has 0 bridgehead atoms. The van der Waals surface area contributed by atoms with Gasteiger partial charge in [-0.2, -0.15) is 0 Å². The van der Waals surface area contributed by atoms with Gasteiger partial charge < -0.3 is 10.4 Å². The van der Waals surface area contributed by atoms with Crippen LogP contribution in [0.5, 0.6) is 0 Å². The van der Waals surface area contributed by atoms with Gasteiger partial charge in [-0.25, -0.2) is 0 Å². The molecule has 6 nitrogen and oxygen atoms in total. The van der Waals surface area contributed by atoms with Crippen LogP contribution in [0.2, 0.25) is 5.02 Å². The lowest BCUT2D eigenvalue weighted by Gasteiger charge is -2.02. The quantitative estimate of drug-likeness (QED) is 0.604. The number of hydrogen-bond acceptors (Lipinski definition) is 4. The van der Waals surface area contributed by atoms with E-state index < -0.39 is 10.9 Å². The topological polar surface area (TPSA) is 92.5 Å². The summed E-state index contributed by atoms with van der Waals surface area (Å²) in [4.78, 5) is 20.2. The minimum Gasteiger partial charge on any atom is -0.480 e. The Kier molecular flexibility index (Phi) is 4.21. The van der Waals surface area contributed by atoms with Gasteiger partial charge in [-0.05, 0) is 11.6 Å². The predicted octanol–water partition coefficient (Wildman–Crippen LogP) is 1.42. The molecular weight excluding hydrogens is 236 g/mol. The molecule has 1 aromatic carbocycles. The Labute approximate surface area is 96.0 Å². The molecule has 0 fully saturated rings. The molecule has 0 aliphatic rings. The van der Waals surface area contributed by atoms with Crippen LogP contribution in [-0.2, 0) is 11.3 Å². The highest BCUT2D eigenvalue weighted by Crippen LogP contribution is 2.24. The minimum atomic E-state index is -0.983. The highest BCUT2D eigenvalue weighted by Gasteiger charge is 2.12. The number of aliphatic carboxylic acids is 1. The summed E-state index contributed by atoms with van der Waals surface area (Å²) in [7, 11) is 0. The SMILES string of the molecule is O=C(O)CNCc1ccc(Cl)c([N+](=O)[O-])c1. The molecule has 7 heteroatoms. The zero-order chi connectivity index (χ0) is 12.1. The highest BCUT2D eigenvalue weighted by molar-refractivity contribution is 6.32. The van der Waals surface area contributed by atoms with E-state index in [1.165, 1.54) is 12.1 Å². The standard InChI is InChI=1S/C9H9ClN2O4/c10-7-2-1-6(3-8(7)12(15)16)4-11-5-9(13)14/h1-3,11H,4-5H2,(H,13,14). The maximum atomic E-state index is 10.6. The zero-order valence-corrected chi connectivity index (χ0v) is 8.90. The van der Waals surface area contributed by atoms with E-state index >= 15 is 0 Å². The Bertz CT molecular complexity index is 422. The number of carboxylic acid groups (broad SMARTS) is 1. The van der Waals surface area contributed by atoms with E-state index in [-0.39, 0.29) is 23.8 Å². The average Bonchev–Trinajstić information content (AvgIpc) is 2.19. The molecule has 0 unspecified atom stereocenters. The summed E-state index contributed by atoms with van der Waals surface area (Å²) in [5.74, 6) is -0.983. The smallest absolute Gasteiger partial charge is 0.317 e. The zero-order valence-electron chi connectivity index (χ0n) is 8.14. The Morgan fingerprint density at radius 1 is 1.56 bits per heavy atom. The molecule has 0 heterocycles. The molecule has 16 heavy (non-hydrogen) atoms. The second kappa shape index (κ2) is 5.43. The van der Waals surface area contributed by atoms with E-state index in [9.17, 15) is 14.9 Å². The van der Waals surface area contributed by atoms with Gasteiger partial charge in [0.25, 0.3) is 5.69 Å². The van der Waals surface area contributed by atoms with Crippen LogP contribution in [0.15, 0.2) is 18.2 Å². The van der Waals surface area contributed by atoms with Crippen LogP contribution in [0, 0.1) is 10.1 Å². The van der Waals surface area contributed by atoms with Crippen LogP contribution in [0.25, 0.3) is 0 Å². The summed E-state index contributed by atoms with van der Waals surface area (Å²) < 4.78 is 0. The van der Waals surface area contributed by atoms with Crippen molar-refractivity contribution in [2.45, 2.75) is 6.54 Å². The molecule has 0 aromatic heterocycles. The van der Waals surface area contributed by atoms with Crippen molar-refractivity contribution in [2.24, 2.45) is 0 Å². The number of benzene rings is 1. The average molecular weight is 245 g/mol. The number of rotatable bonds is 5. The van der Waals surface area contributed by atoms with E-state index in [1.807, 2.05) is 0 Å². The van der Waals surface area contributed by atoms with E-state index in [4.69, 9.17) is 16.7 Å². The van der Waals surface area contributed by atoms with Gasteiger partial charge in [0.05, 0.1) is 11.5 Å². The Morgan fingerprint density at radius 2 is 2.25 bits per heavy atom. The number of nitrogens with one attached hydrogen (secondary N) is 1. The molecule has 1 rings (SSSR count). The highest BCUT2D eigenvalue weighted by atomic mass is 35.5. The van der Waals surface area contributed by atoms with Crippen molar-refractivity contribution in [3.8, 4) is 0 Å². The number of nitro benzene ring substituents is 1. The lowest BCUT2D eigenvalue weighted by molar-refractivity contribution is -0.384. The van der Waals surface area contributed by atoms with Gasteiger partial charge >= 0.3 is 5.97 Å². The van der Waals surface area contributed by atoms with Crippen LogP contribution in [-0.4, -0.2) is 22.5 Å². The van der Waals surface area contributed by atoms with Gasteiger partial charge in [-0.15, -0.1) is 0 Å². The van der Waals surface area contributed by atoms with E-state index in [0.29, 0.717) is 5.56 Å². The Balaban J connectivity index is 2.71. The molecule has 0 spiro atoms. The summed E-state index contributed by atoms with van der Waals surface area (Å²) in [5.41, 5.74) is 0.425. The summed E-state index contributed by atoms with van der Waals surface area (Å²) in [6.07, 6.45) is 0. The normalized spacial score (nSPS) is 10.1. The number of nitro groups is 1. The third-order valence-corrected chi connectivity index (χ3v) is 2.13. The van der Waals surface area contributed by atoms with Crippen LogP contribution in [0.4, 0.5) is 5.69 Å². The van der Waals surface area contributed by atoms with Gasteiger partial charge in [0, 0.05) is 12.6 Å². The first-order chi connectivity index (χ1) is 7.50. The predicted molar refractivity (Wildman–Crippen MR) is 57.4 cm³/mol. The van der Waals surface area contributed by atoms with E-state index in [0.717, 1.165) is 0 Å². The molecule has 86 valence electrons. The van der Waals surface area contributed by atoms with Gasteiger partial charge in [-0.1, -0.05) is 17.7 Å². The number of halogens is 1. The fourth-order valence-electron chi connectivity index (χ4n) is 1.12. The first-order valence-corrected chi connectivity index (χ1v) is 4.74. The molecule has 0 saturated heterocycles. The van der Waals surface area contributed by atoms with Crippen molar-refractivity contribution in [3.05, 3.63) is 38.9 Å². The Hall–Kier alpha value is -1.66. The fourth-order valence-corrected chi connectivity index (χ4v) is 1.31. The van der Waals surface area contributed by atoms with Crippen LogP contribution < -0.4 is 5.32 Å². The maximum Gasteiger partial charge on any atom is 0.317 e. The van der Waals surface area contributed by atoms with Crippen LogP contribution in [0.3, 0.4) is 0 Å². The summed E-state index contributed by atoms with van der Waals surface area (Å²) in [6.45, 7) is 0.0424. The summed E-state index contributed by atoms with van der Waals surface area (Å²) in [5, 5.41) is 21.6. The molecule has 0 radical (unpaired) electrons. The lowest BCUT2D eigenvalue weighted by atomic mass is 10.2. The number of carbonyl (C=O) groups is 1. The fraction of sp³-hybridized carbons (Fsp3) is 0.222. The monoisotopic (exact) mass is 244 g/mol. The van der Waals surface area contributed by atoms with Crippen molar-refractivity contribution < 1.29 is 14.8 Å². The Morgan fingerprint density at radius 3 is 2.81 bits per heavy atom. The van der Waals surface area contributed by atoms with Crippen molar-refractivity contribution in [3.63, 3.8) is 0 Å². The van der Waals surface area contributed by atoms with Crippen molar-refractivity contribution in [2.75, 3.05) is 6.54 Å². The maximum absolute atomic E-state index is 10.6. The van der Waals surface area contributed by atoms with Crippen LogP contribution in [0.1, 0.15) is 5.56 Å². The number of carboxylic acids is 1. The molecular formula is C9H9ClN2O4. The summed E-state index contributed by atoms with van der Waals surface area (Å²) >= 11 is 5.62. The van der Waals surface area contributed by atoms with Crippen molar-refractivity contribution in [1.29, 1.82) is 0 Å². The number of nitrogens with zero attached hydrogens (tertiary/aromatic N) is 1. The van der Waals surface area contributed by atoms with Crippen LogP contribution >= 0.6 is 11.6 Å². The van der Waals surface area contributed by atoms with E-state index in [1.54, 1.807) is 6.07 Å². The first kappa shape index (κ1) is 12.4. The summed E-state index contributed by atoms with van der Waals surface area (Å²) in [6, 6.07) is 4.33. The van der Waals surface area contributed by atoms with Gasteiger partial charge in [0.1, 0.15) is 5.02 Å². The molecule has 0 aliphatic carbocycles. The minimum absolute atomic E-state index is 0.0620.